The Kier molecular flexibility index (Phi) is 6.04. The van der Waals surface area contributed by atoms with E-state index in [1.54, 1.807) is 0 Å². The van der Waals surface area contributed by atoms with Crippen molar-refractivity contribution in [2.75, 3.05) is 13.7 Å². The molecule has 0 unspecified atom stereocenters. The largest absolute Gasteiger partial charge is 0.458 e. The Labute approximate surface area is 160 Å². The van der Waals surface area contributed by atoms with Crippen molar-refractivity contribution in [3.8, 4) is 0 Å². The Morgan fingerprint density at radius 2 is 1.86 bits per heavy atom. The van der Waals surface area contributed by atoms with Crippen LogP contribution in [0.25, 0.3) is 11.0 Å². The molecule has 1 atom stereocenters. The fourth-order valence-corrected chi connectivity index (χ4v) is 2.87. The van der Waals surface area contributed by atoms with Crippen LogP contribution in [0.4, 0.5) is 13.2 Å². The zero-order valence-electron chi connectivity index (χ0n) is 15.3. The lowest BCUT2D eigenvalue weighted by atomic mass is 10.1. The highest BCUT2D eigenvalue weighted by molar-refractivity contribution is 5.78. The minimum Gasteiger partial charge on any atom is -0.458 e. The van der Waals surface area contributed by atoms with Gasteiger partial charge in [-0.2, -0.15) is 13.2 Å². The highest BCUT2D eigenvalue weighted by Crippen LogP contribution is 2.29. The van der Waals surface area contributed by atoms with E-state index < -0.39 is 17.8 Å². The fraction of sp³-hybridized carbons (Fsp3) is 0.286. The molecule has 3 aromatic rings. The zero-order valence-corrected chi connectivity index (χ0v) is 15.3. The summed E-state index contributed by atoms with van der Waals surface area (Å²) in [7, 11) is 1.53. The Morgan fingerprint density at radius 3 is 2.50 bits per heavy atom. The van der Waals surface area contributed by atoms with Gasteiger partial charge in [0.2, 0.25) is 5.91 Å². The number of methoxy groups -OCH3 is 1. The molecule has 1 amide bonds. The van der Waals surface area contributed by atoms with E-state index >= 15 is 0 Å². The number of fused-ring (bicyclic) bond motifs is 1. The van der Waals surface area contributed by atoms with Crippen LogP contribution in [0.3, 0.4) is 0 Å². The molecule has 0 spiro atoms. The summed E-state index contributed by atoms with van der Waals surface area (Å²) in [5.74, 6) is 0.407. The van der Waals surface area contributed by atoms with Crippen molar-refractivity contribution in [2.24, 2.45) is 0 Å². The average Bonchev–Trinajstić information content (AvgIpc) is 3.10. The Hall–Kier alpha value is -2.80. The van der Waals surface area contributed by atoms with Crippen LogP contribution >= 0.6 is 0 Å². The number of carbonyl (C=O) groups is 1. The normalized spacial score (nSPS) is 12.9. The van der Waals surface area contributed by atoms with Gasteiger partial charge in [0.15, 0.2) is 0 Å². The molecule has 1 aromatic heterocycles. The number of benzene rings is 2. The predicted molar refractivity (Wildman–Crippen MR) is 98.7 cm³/mol. The molecule has 0 radical (unpaired) electrons. The standard InChI is InChI=1S/C21H20F3NO3/c1-27-19(18-12-15-4-2-3-5-17(15)28-18)13-25-20(26)11-8-14-6-9-16(10-7-14)21(22,23)24/h2-7,9-10,12,19H,8,11,13H2,1H3,(H,25,26)/t19-/m0/s1. The highest BCUT2D eigenvalue weighted by Gasteiger charge is 2.29. The van der Waals surface area contributed by atoms with Gasteiger partial charge in [0.25, 0.3) is 0 Å². The second-order valence-electron chi connectivity index (χ2n) is 6.41. The quantitative estimate of drug-likeness (QED) is 0.624. The Balaban J connectivity index is 1.51. The molecular formula is C21H20F3NO3. The molecule has 7 heteroatoms. The lowest BCUT2D eigenvalue weighted by Gasteiger charge is -2.14. The summed E-state index contributed by atoms with van der Waals surface area (Å²) in [4.78, 5) is 12.1. The molecule has 28 heavy (non-hydrogen) atoms. The SMILES string of the molecule is CO[C@@H](CNC(=O)CCc1ccc(C(F)(F)F)cc1)c1cc2ccccc2o1. The van der Waals surface area contributed by atoms with Gasteiger partial charge in [-0.15, -0.1) is 0 Å². The summed E-state index contributed by atoms with van der Waals surface area (Å²) in [5, 5.41) is 3.73. The number of ether oxygens (including phenoxy) is 1. The molecule has 1 N–H and O–H groups in total. The van der Waals surface area contributed by atoms with E-state index in [0.717, 1.165) is 23.1 Å². The topological polar surface area (TPSA) is 51.5 Å². The van der Waals surface area contributed by atoms with Gasteiger partial charge >= 0.3 is 6.18 Å². The van der Waals surface area contributed by atoms with Gasteiger partial charge in [-0.1, -0.05) is 30.3 Å². The lowest BCUT2D eigenvalue weighted by molar-refractivity contribution is -0.137. The minimum atomic E-state index is -4.36. The van der Waals surface area contributed by atoms with Crippen LogP contribution in [0, 0.1) is 0 Å². The lowest BCUT2D eigenvalue weighted by Crippen LogP contribution is -2.29. The predicted octanol–water partition coefficient (Wildman–Crippen LogP) is 4.89. The first-order chi connectivity index (χ1) is 13.4. The summed E-state index contributed by atoms with van der Waals surface area (Å²) in [6, 6.07) is 14.3. The molecule has 0 bridgehead atoms. The van der Waals surface area contributed by atoms with Crippen molar-refractivity contribution in [2.45, 2.75) is 25.1 Å². The van der Waals surface area contributed by atoms with Gasteiger partial charge in [0.1, 0.15) is 17.4 Å². The first-order valence-electron chi connectivity index (χ1n) is 8.81. The van der Waals surface area contributed by atoms with Gasteiger partial charge in [-0.3, -0.25) is 4.79 Å². The third kappa shape index (κ3) is 4.92. The number of furan rings is 1. The van der Waals surface area contributed by atoms with Gasteiger partial charge in [-0.05, 0) is 36.2 Å². The number of alkyl halides is 3. The van der Waals surface area contributed by atoms with Crippen molar-refractivity contribution in [1.29, 1.82) is 0 Å². The monoisotopic (exact) mass is 391 g/mol. The van der Waals surface area contributed by atoms with E-state index in [4.69, 9.17) is 9.15 Å². The van der Waals surface area contributed by atoms with Gasteiger partial charge in [0.05, 0.1) is 12.1 Å². The number of rotatable bonds is 7. The van der Waals surface area contributed by atoms with E-state index in [1.807, 2.05) is 30.3 Å². The van der Waals surface area contributed by atoms with Crippen molar-refractivity contribution < 1.29 is 27.1 Å². The summed E-state index contributed by atoms with van der Waals surface area (Å²) in [6.07, 6.45) is -4.27. The number of nitrogens with one attached hydrogen (secondary N) is 1. The van der Waals surface area contributed by atoms with Crippen LogP contribution < -0.4 is 5.32 Å². The number of hydrogen-bond donors (Lipinski definition) is 1. The van der Waals surface area contributed by atoms with E-state index in [2.05, 4.69) is 5.32 Å². The number of hydrogen-bond acceptors (Lipinski definition) is 3. The minimum absolute atomic E-state index is 0.169. The molecule has 148 valence electrons. The number of carbonyl (C=O) groups excluding carboxylic acids is 1. The Morgan fingerprint density at radius 1 is 1.14 bits per heavy atom. The van der Waals surface area contributed by atoms with Crippen molar-refractivity contribution in [3.05, 3.63) is 71.5 Å². The molecule has 2 aromatic carbocycles. The van der Waals surface area contributed by atoms with Crippen LogP contribution in [0.15, 0.2) is 59.0 Å². The highest BCUT2D eigenvalue weighted by atomic mass is 19.4. The first kappa shape index (κ1) is 19.9. The third-order valence-electron chi connectivity index (χ3n) is 4.45. The third-order valence-corrected chi connectivity index (χ3v) is 4.45. The van der Waals surface area contributed by atoms with Crippen LogP contribution in [0.2, 0.25) is 0 Å². The van der Waals surface area contributed by atoms with E-state index in [0.29, 0.717) is 17.7 Å². The average molecular weight is 391 g/mol. The second kappa shape index (κ2) is 8.48. The van der Waals surface area contributed by atoms with E-state index in [9.17, 15) is 18.0 Å². The molecule has 1 heterocycles. The fourth-order valence-electron chi connectivity index (χ4n) is 2.87. The van der Waals surface area contributed by atoms with E-state index in [1.165, 1.54) is 19.2 Å². The maximum atomic E-state index is 12.6. The van der Waals surface area contributed by atoms with Crippen molar-refractivity contribution in [3.63, 3.8) is 0 Å². The van der Waals surface area contributed by atoms with Gasteiger partial charge < -0.3 is 14.5 Å². The molecule has 3 rings (SSSR count). The second-order valence-corrected chi connectivity index (χ2v) is 6.41. The van der Waals surface area contributed by atoms with Crippen LogP contribution in [0.5, 0.6) is 0 Å². The molecular weight excluding hydrogens is 371 g/mol. The molecule has 0 aliphatic rings. The summed E-state index contributed by atoms with van der Waals surface area (Å²) in [6.45, 7) is 0.238. The molecule has 0 aliphatic carbocycles. The van der Waals surface area contributed by atoms with Crippen molar-refractivity contribution in [1.82, 2.24) is 5.32 Å². The summed E-state index contributed by atoms with van der Waals surface area (Å²) < 4.78 is 48.9. The molecule has 0 saturated heterocycles. The molecule has 0 fully saturated rings. The van der Waals surface area contributed by atoms with Gasteiger partial charge in [0, 0.05) is 18.9 Å². The number of para-hydroxylation sites is 1. The smallest absolute Gasteiger partial charge is 0.416 e. The number of aryl methyl sites for hydroxylation is 1. The molecule has 4 nitrogen and oxygen atoms in total. The Bertz CT molecular complexity index is 899. The zero-order chi connectivity index (χ0) is 20.1. The van der Waals surface area contributed by atoms with Crippen LogP contribution in [-0.2, 0) is 22.1 Å². The maximum Gasteiger partial charge on any atom is 0.416 e. The summed E-state index contributed by atoms with van der Waals surface area (Å²) >= 11 is 0. The molecule has 0 aliphatic heterocycles. The maximum absolute atomic E-state index is 12.6. The summed E-state index contributed by atoms with van der Waals surface area (Å²) in [5.41, 5.74) is 0.714. The van der Waals surface area contributed by atoms with Crippen molar-refractivity contribution >= 4 is 16.9 Å². The van der Waals surface area contributed by atoms with Gasteiger partial charge in [-0.25, -0.2) is 0 Å². The number of halogens is 3. The number of amides is 1. The van der Waals surface area contributed by atoms with Crippen LogP contribution in [0.1, 0.15) is 29.4 Å². The first-order valence-corrected chi connectivity index (χ1v) is 8.81. The van der Waals surface area contributed by atoms with E-state index in [-0.39, 0.29) is 18.9 Å². The molecule has 0 saturated carbocycles. The van der Waals surface area contributed by atoms with Crippen LogP contribution in [-0.4, -0.2) is 19.6 Å².